The first-order valence-corrected chi connectivity index (χ1v) is 13.3. The van der Waals surface area contributed by atoms with Crippen LogP contribution in [-0.2, 0) is 23.1 Å². The first-order chi connectivity index (χ1) is 15.4. The summed E-state index contributed by atoms with van der Waals surface area (Å²) in [5.41, 5.74) is 5.16. The molecule has 0 saturated heterocycles. The zero-order chi connectivity index (χ0) is 23.9. The summed E-state index contributed by atoms with van der Waals surface area (Å²) in [6.07, 6.45) is 20.1. The minimum absolute atomic E-state index is 0.0293. The lowest BCUT2D eigenvalue weighted by atomic mass is 10.1. The van der Waals surface area contributed by atoms with E-state index in [1.807, 2.05) is 0 Å². The van der Waals surface area contributed by atoms with Crippen LogP contribution in [0.2, 0.25) is 0 Å². The van der Waals surface area contributed by atoms with E-state index < -0.39 is 33.1 Å². The summed E-state index contributed by atoms with van der Waals surface area (Å²) in [4.78, 5) is 23.3. The summed E-state index contributed by atoms with van der Waals surface area (Å²) in [6.45, 7) is 1.02. The van der Waals surface area contributed by atoms with Crippen molar-refractivity contribution < 1.29 is 33.1 Å². The molecule has 0 aliphatic heterocycles. The molecular weight excluding hydrogens is 433 g/mol. The number of hydrogen-bond donors (Lipinski definition) is 2. The van der Waals surface area contributed by atoms with Crippen molar-refractivity contribution in [1.82, 2.24) is 0 Å². The molecule has 0 aromatic rings. The van der Waals surface area contributed by atoms with Crippen molar-refractivity contribution in [1.29, 1.82) is 0 Å². The van der Waals surface area contributed by atoms with E-state index in [-0.39, 0.29) is 19.6 Å². The van der Waals surface area contributed by atoms with Crippen molar-refractivity contribution in [3.8, 4) is 0 Å². The van der Waals surface area contributed by atoms with E-state index in [0.717, 1.165) is 38.5 Å². The summed E-state index contributed by atoms with van der Waals surface area (Å²) in [5.74, 6) is -0.484. The van der Waals surface area contributed by atoms with Gasteiger partial charge in [-0.3, -0.25) is 9.36 Å². The summed E-state index contributed by atoms with van der Waals surface area (Å²) >= 11 is 0. The van der Waals surface area contributed by atoms with Crippen molar-refractivity contribution in [3.05, 3.63) is 24.3 Å². The molecule has 3 N–H and O–H groups in total. The Morgan fingerprint density at radius 2 is 1.62 bits per heavy atom. The zero-order valence-electron chi connectivity index (χ0n) is 19.6. The van der Waals surface area contributed by atoms with E-state index in [1.165, 1.54) is 25.7 Å². The van der Waals surface area contributed by atoms with Crippen LogP contribution in [0.25, 0.3) is 0 Å². The van der Waals surface area contributed by atoms with Crippen LogP contribution in [0, 0.1) is 0 Å². The van der Waals surface area contributed by atoms with Crippen LogP contribution in [0.5, 0.6) is 0 Å². The van der Waals surface area contributed by atoms with Gasteiger partial charge in [-0.2, -0.15) is 0 Å². The number of phosphoric ester groups is 1. The molecule has 0 aromatic heterocycles. The monoisotopic (exact) mass is 476 g/mol. The molecule has 9 heteroatoms. The maximum atomic E-state index is 11.8. The lowest BCUT2D eigenvalue weighted by Gasteiger charge is -2.24. The Labute approximate surface area is 193 Å². The fraction of sp³-hybridized carbons (Fsp3) is 0.783. The largest absolute Gasteiger partial charge is 0.756 e. The van der Waals surface area contributed by atoms with E-state index in [9.17, 15) is 19.4 Å². The molecule has 0 rings (SSSR count). The third-order valence-electron chi connectivity index (χ3n) is 4.62. The number of hydrogen-bond acceptors (Lipinski definition) is 8. The maximum Gasteiger partial charge on any atom is 0.306 e. The van der Waals surface area contributed by atoms with Crippen LogP contribution in [0.1, 0.15) is 84.0 Å². The second-order valence-electron chi connectivity index (χ2n) is 7.64. The molecule has 0 amide bonds. The molecule has 0 aromatic carbocycles. The van der Waals surface area contributed by atoms with Crippen LogP contribution >= 0.6 is 7.82 Å². The van der Waals surface area contributed by atoms with Crippen molar-refractivity contribution in [2.45, 2.75) is 90.1 Å². The van der Waals surface area contributed by atoms with Gasteiger partial charge in [0.15, 0.2) is 0 Å². The van der Waals surface area contributed by atoms with Gasteiger partial charge >= 0.3 is 5.97 Å². The van der Waals surface area contributed by atoms with E-state index in [4.69, 9.17) is 10.5 Å². The minimum atomic E-state index is -4.51. The third-order valence-corrected chi connectivity index (χ3v) is 5.58. The predicted molar refractivity (Wildman–Crippen MR) is 125 cm³/mol. The highest BCUT2D eigenvalue weighted by atomic mass is 31.2. The van der Waals surface area contributed by atoms with E-state index in [1.54, 1.807) is 0 Å². The highest BCUT2D eigenvalue weighted by Gasteiger charge is 2.18. The van der Waals surface area contributed by atoms with Gasteiger partial charge < -0.3 is 29.5 Å². The van der Waals surface area contributed by atoms with Gasteiger partial charge in [0.2, 0.25) is 0 Å². The number of rotatable bonds is 22. The average Bonchev–Trinajstić information content (AvgIpc) is 2.77. The van der Waals surface area contributed by atoms with Gasteiger partial charge in [-0.25, -0.2) is 0 Å². The fourth-order valence-electron chi connectivity index (χ4n) is 2.83. The summed E-state index contributed by atoms with van der Waals surface area (Å²) in [5, 5.41) is 9.23. The number of aliphatic hydroxyl groups is 1. The second-order valence-corrected chi connectivity index (χ2v) is 9.05. The van der Waals surface area contributed by atoms with E-state index in [0.29, 0.717) is 6.42 Å². The first-order valence-electron chi connectivity index (χ1n) is 11.9. The second kappa shape index (κ2) is 21.8. The van der Waals surface area contributed by atoms with E-state index in [2.05, 4.69) is 40.3 Å². The Hall–Kier alpha value is -1.02. The normalized spacial score (nSPS) is 14.8. The third kappa shape index (κ3) is 20.9. The molecule has 0 spiro atoms. The van der Waals surface area contributed by atoms with Crippen LogP contribution < -0.4 is 10.6 Å². The molecule has 8 nitrogen and oxygen atoms in total. The van der Waals surface area contributed by atoms with Gasteiger partial charge in [-0.15, -0.1) is 0 Å². The molecular formula is C23H43NO7P-. The number of aliphatic hydroxyl groups excluding tert-OH is 1. The molecule has 0 bridgehead atoms. The zero-order valence-corrected chi connectivity index (χ0v) is 20.5. The molecule has 0 radical (unpaired) electrons. The highest BCUT2D eigenvalue weighted by Crippen LogP contribution is 2.38. The molecule has 188 valence electrons. The number of carbonyl (C=O) groups is 1. The number of esters is 1. The number of nitrogens with two attached hydrogens (primary N) is 1. The molecule has 0 aliphatic carbocycles. The van der Waals surface area contributed by atoms with Gasteiger partial charge in [0.1, 0.15) is 6.10 Å². The molecule has 2 atom stereocenters. The Balaban J connectivity index is 3.69. The summed E-state index contributed by atoms with van der Waals surface area (Å²) in [7, 11) is -4.51. The van der Waals surface area contributed by atoms with Gasteiger partial charge in [0.25, 0.3) is 7.82 Å². The number of ether oxygens (including phenoxy) is 1. The number of allylic oxidation sites excluding steroid dienone is 4. The highest BCUT2D eigenvalue weighted by molar-refractivity contribution is 7.45. The summed E-state index contributed by atoms with van der Waals surface area (Å²) in [6, 6.07) is 0. The van der Waals surface area contributed by atoms with Gasteiger partial charge in [-0.1, -0.05) is 63.3 Å². The van der Waals surface area contributed by atoms with Gasteiger partial charge in [0, 0.05) is 13.0 Å². The fourth-order valence-corrected chi connectivity index (χ4v) is 3.58. The van der Waals surface area contributed by atoms with Crippen LogP contribution in [0.3, 0.4) is 0 Å². The standard InChI is InChI=1S/C23H44NO7P/c1-2-3-4-5-6-7-8-9-10-11-12-13-14-15-16-17-23(26)31-22(20-25)21-30-32(27,28)29-19-18-24/h6-7,9-10,22,25H,2-5,8,11-21,24H2,1H3,(H,27,28)/p-1/b7-6-,10-9-/t22-/m1/s1. The first kappa shape index (κ1) is 31.0. The van der Waals surface area contributed by atoms with Crippen LogP contribution in [-0.4, -0.2) is 43.5 Å². The van der Waals surface area contributed by atoms with Crippen molar-refractivity contribution >= 4 is 13.8 Å². The van der Waals surface area contributed by atoms with Gasteiger partial charge in [-0.05, 0) is 38.5 Å². The quantitative estimate of drug-likeness (QED) is 0.103. The molecule has 1 unspecified atom stereocenters. The molecule has 0 aliphatic rings. The Morgan fingerprint density at radius 3 is 2.25 bits per heavy atom. The van der Waals surface area contributed by atoms with E-state index >= 15 is 0 Å². The minimum Gasteiger partial charge on any atom is -0.756 e. The Bertz CT molecular complexity index is 554. The predicted octanol–water partition coefficient (Wildman–Crippen LogP) is 4.16. The SMILES string of the molecule is CCCCC/C=C\C/C=C\CCCCCCCC(=O)O[C@H](CO)COP(=O)([O-])OCCN. The molecule has 32 heavy (non-hydrogen) atoms. The van der Waals surface area contributed by atoms with Crippen LogP contribution in [0.4, 0.5) is 0 Å². The summed E-state index contributed by atoms with van der Waals surface area (Å²) < 4.78 is 25.5. The topological polar surface area (TPSA) is 131 Å². The number of phosphoric acid groups is 1. The van der Waals surface area contributed by atoms with Crippen LogP contribution in [0.15, 0.2) is 24.3 Å². The van der Waals surface area contributed by atoms with Crippen molar-refractivity contribution in [2.24, 2.45) is 5.73 Å². The van der Waals surface area contributed by atoms with Crippen molar-refractivity contribution in [2.75, 3.05) is 26.4 Å². The molecule has 0 fully saturated rings. The molecule has 0 heterocycles. The van der Waals surface area contributed by atoms with Gasteiger partial charge in [0.05, 0.1) is 19.8 Å². The molecule has 0 saturated carbocycles. The lowest BCUT2D eigenvalue weighted by Crippen LogP contribution is -2.28. The smallest absolute Gasteiger partial charge is 0.306 e. The Morgan fingerprint density at radius 1 is 1.00 bits per heavy atom. The number of carbonyl (C=O) groups excluding carboxylic acids is 1. The Kier molecular flexibility index (Phi) is 21.1. The lowest BCUT2D eigenvalue weighted by molar-refractivity contribution is -0.228. The van der Waals surface area contributed by atoms with Crippen molar-refractivity contribution in [3.63, 3.8) is 0 Å². The average molecular weight is 477 g/mol. The number of unbranched alkanes of at least 4 members (excludes halogenated alkanes) is 8. The maximum absolute atomic E-state index is 11.8.